The van der Waals surface area contributed by atoms with Gasteiger partial charge < -0.3 is 25.8 Å². The summed E-state index contributed by atoms with van der Waals surface area (Å²) in [5.41, 5.74) is 18.5. The summed E-state index contributed by atoms with van der Waals surface area (Å²) in [6.45, 7) is 10.6. The molecule has 0 amide bonds. The van der Waals surface area contributed by atoms with E-state index >= 15 is 0 Å². The molecule has 3 N–H and O–H groups in total. The summed E-state index contributed by atoms with van der Waals surface area (Å²) in [6, 6.07) is 34.2. The molecule has 1 aromatic heterocycles. The highest BCUT2D eigenvalue weighted by Crippen LogP contribution is 2.38. The minimum Gasteiger partial charge on any atom is -0.385 e. The van der Waals surface area contributed by atoms with Crippen molar-refractivity contribution in [3.63, 3.8) is 0 Å². The zero-order valence-electron chi connectivity index (χ0n) is 34.9. The maximum Gasteiger partial charge on any atom is 0.0915 e. The Morgan fingerprint density at radius 2 is 1.16 bits per heavy atom. The summed E-state index contributed by atoms with van der Waals surface area (Å²) in [7, 11) is 4.26. The Morgan fingerprint density at radius 1 is 0.603 bits per heavy atom. The van der Waals surface area contributed by atoms with E-state index in [1.165, 1.54) is 59.3 Å². The second-order valence-electron chi connectivity index (χ2n) is 16.0. The fourth-order valence-corrected chi connectivity index (χ4v) is 8.26. The first kappa shape index (κ1) is 38.7. The van der Waals surface area contributed by atoms with Crippen LogP contribution in [0, 0.1) is 20.8 Å². The van der Waals surface area contributed by atoms with Crippen LogP contribution < -0.4 is 25.8 Å². The molecule has 2 heterocycles. The topological polar surface area (TPSA) is 80.7 Å². The van der Waals surface area contributed by atoms with Gasteiger partial charge in [-0.25, -0.2) is 15.0 Å². The molecule has 8 nitrogen and oxygen atoms in total. The van der Waals surface area contributed by atoms with Gasteiger partial charge in [-0.3, -0.25) is 0 Å². The molecule has 8 heteroatoms. The lowest BCUT2D eigenvalue weighted by Gasteiger charge is -2.33. The Kier molecular flexibility index (Phi) is 11.4. The highest BCUT2D eigenvalue weighted by Gasteiger charge is 2.26. The fraction of sp³-hybridized carbons (Fsp3) is 0.300. The van der Waals surface area contributed by atoms with Gasteiger partial charge in [0.1, 0.15) is 0 Å². The van der Waals surface area contributed by atoms with E-state index < -0.39 is 0 Å². The molecule has 5 aromatic carbocycles. The third-order valence-corrected chi connectivity index (χ3v) is 11.7. The molecule has 0 saturated carbocycles. The van der Waals surface area contributed by atoms with Gasteiger partial charge in [0.25, 0.3) is 0 Å². The Bertz CT molecular complexity index is 2520. The second-order valence-corrected chi connectivity index (χ2v) is 16.0. The van der Waals surface area contributed by atoms with Gasteiger partial charge in [0, 0.05) is 55.6 Å². The van der Waals surface area contributed by atoms with Crippen LogP contribution in [0.25, 0.3) is 22.1 Å². The zero-order chi connectivity index (χ0) is 40.2. The normalized spacial score (nSPS) is 14.5. The maximum atomic E-state index is 5.08. The molecule has 1 atom stereocenters. The number of aryl methyl sites for hydroxylation is 3. The summed E-state index contributed by atoms with van der Waals surface area (Å²) in [6.07, 6.45) is 11.8. The third-order valence-electron chi connectivity index (χ3n) is 11.7. The molecule has 1 unspecified atom stereocenters. The predicted octanol–water partition coefficient (Wildman–Crippen LogP) is 12.2. The van der Waals surface area contributed by atoms with Crippen LogP contribution in [0.2, 0.25) is 0 Å². The number of nitrogens with one attached hydrogen (secondary N) is 3. The molecule has 0 saturated heterocycles. The van der Waals surface area contributed by atoms with E-state index in [1.54, 1.807) is 0 Å². The number of unbranched alkanes of at least 4 members (excludes halogenated alkanes) is 5. The lowest BCUT2D eigenvalue weighted by Crippen LogP contribution is -2.35. The molecule has 6 aromatic rings. The first-order valence-electron chi connectivity index (χ1n) is 20.9. The Balaban J connectivity index is 0.785. The van der Waals surface area contributed by atoms with Gasteiger partial charge in [-0.15, -0.1) is 0 Å². The summed E-state index contributed by atoms with van der Waals surface area (Å²) < 4.78 is 0. The number of nitrogens with zero attached hydrogens (tertiary/aromatic N) is 5. The van der Waals surface area contributed by atoms with E-state index in [0.29, 0.717) is 0 Å². The smallest absolute Gasteiger partial charge is 0.0915 e. The number of aromatic nitrogens is 2. The molecule has 0 radical (unpaired) electrons. The Morgan fingerprint density at radius 3 is 1.83 bits per heavy atom. The van der Waals surface area contributed by atoms with E-state index in [-0.39, 0.29) is 6.04 Å². The molecular weight excluding hydrogens is 713 g/mol. The highest BCUT2D eigenvalue weighted by atomic mass is 15.1. The number of anilines is 6. The zero-order valence-corrected chi connectivity index (χ0v) is 34.9. The van der Waals surface area contributed by atoms with Crippen molar-refractivity contribution in [2.24, 2.45) is 4.99 Å². The van der Waals surface area contributed by atoms with E-state index in [2.05, 4.69) is 171 Å². The van der Waals surface area contributed by atoms with Crippen molar-refractivity contribution in [3.05, 3.63) is 137 Å². The minimum absolute atomic E-state index is 0.169. The molecule has 8 rings (SSSR count). The largest absolute Gasteiger partial charge is 0.385 e. The molecule has 1 aliphatic carbocycles. The van der Waals surface area contributed by atoms with Crippen molar-refractivity contribution in [1.29, 1.82) is 0 Å². The fourth-order valence-electron chi connectivity index (χ4n) is 8.26. The van der Waals surface area contributed by atoms with Gasteiger partial charge in [0.15, 0.2) is 0 Å². The van der Waals surface area contributed by atoms with Gasteiger partial charge in [0.05, 0.1) is 50.9 Å². The first-order valence-corrected chi connectivity index (χ1v) is 20.9. The molecule has 2 aliphatic rings. The monoisotopic (exact) mass is 768 g/mol. The van der Waals surface area contributed by atoms with E-state index in [1.807, 2.05) is 6.07 Å². The molecule has 0 bridgehead atoms. The standard InChI is InChI=1S/C50H56N8/c1-33-25-41-45(55-47-31-49(35(3)27-43(47)53-41)57(5)37-19-13-11-14-20-37)29-39(33)51-23-17-9-7-8-10-18-24-52-40-30-46-42(26-34(40)2)54-44-28-36(4)50(32-48(44)56-46)58(6)38-21-15-12-16-22-38/h11-16,19-22,25-32,49,51-52,55H,7-10,17-18,23-24H2,1-6H3. The number of hydrogen-bond donors (Lipinski definition) is 3. The van der Waals surface area contributed by atoms with Crippen LogP contribution in [0.15, 0.2) is 125 Å². The quantitative estimate of drug-likeness (QED) is 0.0709. The van der Waals surface area contributed by atoms with E-state index in [4.69, 9.17) is 15.0 Å². The lowest BCUT2D eigenvalue weighted by atomic mass is 9.95. The van der Waals surface area contributed by atoms with Crippen molar-refractivity contribution >= 4 is 67.6 Å². The SMILES string of the molecule is CC1=CC2=Nc3cc(C)c(NCCCCCCCCNc4cc5nc6cc(N(C)c7ccccc7)c(C)cc6nc5cc4C)cc3NC2=CC1N(C)c1ccccc1. The van der Waals surface area contributed by atoms with Gasteiger partial charge in [-0.05, 0) is 136 Å². The van der Waals surface area contributed by atoms with E-state index in [0.717, 1.165) is 87.8 Å². The number of hydrogen-bond acceptors (Lipinski definition) is 8. The van der Waals surface area contributed by atoms with Crippen molar-refractivity contribution in [1.82, 2.24) is 9.97 Å². The lowest BCUT2D eigenvalue weighted by molar-refractivity contribution is 0.610. The predicted molar refractivity (Wildman–Crippen MR) is 248 cm³/mol. The number of aliphatic imine (C=N–C) groups is 1. The van der Waals surface area contributed by atoms with Crippen LogP contribution in [0.4, 0.5) is 39.8 Å². The average Bonchev–Trinajstić information content (AvgIpc) is 3.23. The number of rotatable bonds is 15. The van der Waals surface area contributed by atoms with Crippen molar-refractivity contribution < 1.29 is 0 Å². The van der Waals surface area contributed by atoms with Gasteiger partial charge in [0.2, 0.25) is 0 Å². The summed E-state index contributed by atoms with van der Waals surface area (Å²) in [4.78, 5) is 19.7. The molecule has 58 heavy (non-hydrogen) atoms. The second kappa shape index (κ2) is 17.1. The van der Waals surface area contributed by atoms with Crippen LogP contribution in [0.3, 0.4) is 0 Å². The van der Waals surface area contributed by atoms with Crippen LogP contribution in [0.1, 0.15) is 62.1 Å². The summed E-state index contributed by atoms with van der Waals surface area (Å²) in [5, 5.41) is 11.1. The average molecular weight is 769 g/mol. The molecule has 1 aliphatic heterocycles. The van der Waals surface area contributed by atoms with Crippen LogP contribution >= 0.6 is 0 Å². The van der Waals surface area contributed by atoms with Crippen molar-refractivity contribution in [2.75, 3.05) is 52.9 Å². The molecule has 0 fully saturated rings. The van der Waals surface area contributed by atoms with Crippen molar-refractivity contribution in [2.45, 2.75) is 72.3 Å². The Labute approximate surface area is 343 Å². The summed E-state index contributed by atoms with van der Waals surface area (Å²) in [5.74, 6) is 0. The van der Waals surface area contributed by atoms with Crippen LogP contribution in [-0.2, 0) is 0 Å². The summed E-state index contributed by atoms with van der Waals surface area (Å²) >= 11 is 0. The molecular formula is C50H56N8. The number of para-hydroxylation sites is 2. The Hall–Kier alpha value is -6.15. The minimum atomic E-state index is 0.169. The maximum absolute atomic E-state index is 5.08. The molecule has 296 valence electrons. The third kappa shape index (κ3) is 8.42. The molecule has 0 spiro atoms. The van der Waals surface area contributed by atoms with E-state index in [9.17, 15) is 0 Å². The number of allylic oxidation sites excluding steroid dienone is 1. The van der Waals surface area contributed by atoms with Gasteiger partial charge in [-0.2, -0.15) is 0 Å². The van der Waals surface area contributed by atoms with Crippen molar-refractivity contribution in [3.8, 4) is 0 Å². The van der Waals surface area contributed by atoms with Gasteiger partial charge >= 0.3 is 0 Å². The van der Waals surface area contributed by atoms with Gasteiger partial charge in [-0.1, -0.05) is 62.1 Å². The number of fused-ring (bicyclic) bond motifs is 4. The number of benzene rings is 5. The highest BCUT2D eigenvalue weighted by molar-refractivity contribution is 6.15. The number of likely N-dealkylation sites (N-methyl/N-ethyl adjacent to an activating group) is 1. The van der Waals surface area contributed by atoms with Crippen LogP contribution in [0.5, 0.6) is 0 Å². The van der Waals surface area contributed by atoms with Crippen LogP contribution in [-0.4, -0.2) is 48.9 Å². The first-order chi connectivity index (χ1) is 28.2.